The number of hydrogen-bond acceptors (Lipinski definition) is 2. The number of nitrogens with zero attached hydrogens (tertiary/aromatic N) is 2. The van der Waals surface area contributed by atoms with E-state index in [1.807, 2.05) is 0 Å². The standard InChI is InChI=1S/C22H32N2O2/c1-16(2)18-6-3-4-7-19(18)20-8-5-11-24(20)17-14-22(15-17)9-12-23(13-10-22)21(25)26/h3-4,6-7,16-17,20H,5,8-15H2,1-2H3,(H,25,26)/t20-/m1/s1. The highest BCUT2D eigenvalue weighted by molar-refractivity contribution is 5.65. The average Bonchev–Trinajstić information content (AvgIpc) is 3.08. The van der Waals surface area contributed by atoms with Gasteiger partial charge in [-0.25, -0.2) is 4.79 Å². The molecule has 1 aliphatic carbocycles. The van der Waals surface area contributed by atoms with E-state index in [0.717, 1.165) is 25.9 Å². The summed E-state index contributed by atoms with van der Waals surface area (Å²) in [6, 6.07) is 10.3. The maximum atomic E-state index is 11.1. The Morgan fingerprint density at radius 3 is 2.50 bits per heavy atom. The lowest BCUT2D eigenvalue weighted by Crippen LogP contribution is -2.55. The molecule has 4 nitrogen and oxygen atoms in total. The number of carboxylic acid groups (broad SMARTS) is 1. The van der Waals surface area contributed by atoms with Crippen LogP contribution in [0, 0.1) is 5.41 Å². The van der Waals surface area contributed by atoms with Gasteiger partial charge >= 0.3 is 6.09 Å². The zero-order valence-corrected chi connectivity index (χ0v) is 16.2. The summed E-state index contributed by atoms with van der Waals surface area (Å²) >= 11 is 0. The van der Waals surface area contributed by atoms with Gasteiger partial charge in [0.15, 0.2) is 0 Å². The molecule has 4 rings (SSSR count). The van der Waals surface area contributed by atoms with Gasteiger partial charge in [-0.1, -0.05) is 38.1 Å². The number of benzene rings is 1. The second-order valence-corrected chi connectivity index (χ2v) is 9.01. The molecule has 1 amide bonds. The number of hydrogen-bond donors (Lipinski definition) is 1. The minimum Gasteiger partial charge on any atom is -0.465 e. The van der Waals surface area contributed by atoms with E-state index >= 15 is 0 Å². The fourth-order valence-electron chi connectivity index (χ4n) is 5.66. The molecule has 26 heavy (non-hydrogen) atoms. The van der Waals surface area contributed by atoms with Crippen molar-refractivity contribution in [3.8, 4) is 0 Å². The number of amides is 1. The van der Waals surface area contributed by atoms with Crippen LogP contribution in [0.5, 0.6) is 0 Å². The molecule has 3 aliphatic rings. The second kappa shape index (κ2) is 6.88. The molecular weight excluding hydrogens is 324 g/mol. The van der Waals surface area contributed by atoms with E-state index in [4.69, 9.17) is 0 Å². The van der Waals surface area contributed by atoms with Crippen molar-refractivity contribution < 1.29 is 9.90 Å². The largest absolute Gasteiger partial charge is 0.465 e. The molecule has 1 aromatic rings. The van der Waals surface area contributed by atoms with Gasteiger partial charge in [0.05, 0.1) is 0 Å². The number of carbonyl (C=O) groups is 1. The van der Waals surface area contributed by atoms with E-state index < -0.39 is 6.09 Å². The van der Waals surface area contributed by atoms with Gasteiger partial charge in [-0.15, -0.1) is 0 Å². The fourth-order valence-corrected chi connectivity index (χ4v) is 5.66. The van der Waals surface area contributed by atoms with Crippen LogP contribution in [0.25, 0.3) is 0 Å². The topological polar surface area (TPSA) is 43.8 Å². The summed E-state index contributed by atoms with van der Waals surface area (Å²) in [5.74, 6) is 0.571. The Balaban J connectivity index is 1.43. The average molecular weight is 357 g/mol. The van der Waals surface area contributed by atoms with Gasteiger partial charge in [-0.3, -0.25) is 4.90 Å². The summed E-state index contributed by atoms with van der Waals surface area (Å²) in [6.45, 7) is 7.27. The molecule has 0 aromatic heterocycles. The highest BCUT2D eigenvalue weighted by Gasteiger charge is 2.50. The lowest BCUT2D eigenvalue weighted by molar-refractivity contribution is -0.0438. The third-order valence-corrected chi connectivity index (χ3v) is 7.17. The first kappa shape index (κ1) is 17.8. The van der Waals surface area contributed by atoms with Crippen LogP contribution in [0.3, 0.4) is 0 Å². The SMILES string of the molecule is CC(C)c1ccccc1[C@H]1CCCN1C1CC2(CCN(C(=O)O)CC2)C1. The lowest BCUT2D eigenvalue weighted by Gasteiger charge is -2.55. The van der Waals surface area contributed by atoms with E-state index in [-0.39, 0.29) is 0 Å². The Labute approximate surface area is 157 Å². The summed E-state index contributed by atoms with van der Waals surface area (Å²) < 4.78 is 0. The van der Waals surface area contributed by atoms with Crippen molar-refractivity contribution in [2.45, 2.75) is 70.4 Å². The molecular formula is C22H32N2O2. The molecule has 1 atom stereocenters. The van der Waals surface area contributed by atoms with Crippen molar-refractivity contribution in [3.05, 3.63) is 35.4 Å². The molecule has 1 spiro atoms. The molecule has 0 bridgehead atoms. The molecule has 2 saturated heterocycles. The number of piperidine rings is 1. The number of rotatable bonds is 3. The Morgan fingerprint density at radius 1 is 1.15 bits per heavy atom. The third kappa shape index (κ3) is 3.13. The van der Waals surface area contributed by atoms with Gasteiger partial charge in [-0.05, 0) is 67.5 Å². The molecule has 1 saturated carbocycles. The van der Waals surface area contributed by atoms with Crippen molar-refractivity contribution >= 4 is 6.09 Å². The van der Waals surface area contributed by atoms with Crippen LogP contribution in [0.15, 0.2) is 24.3 Å². The maximum absolute atomic E-state index is 11.1. The van der Waals surface area contributed by atoms with Gasteiger partial charge in [0.25, 0.3) is 0 Å². The normalized spacial score (nSPS) is 26.4. The summed E-state index contributed by atoms with van der Waals surface area (Å²) in [5.41, 5.74) is 3.47. The fraction of sp³-hybridized carbons (Fsp3) is 0.682. The first-order chi connectivity index (χ1) is 12.5. The molecule has 2 aliphatic heterocycles. The van der Waals surface area contributed by atoms with Gasteiger partial charge < -0.3 is 10.0 Å². The van der Waals surface area contributed by atoms with E-state index in [2.05, 4.69) is 43.0 Å². The van der Waals surface area contributed by atoms with E-state index in [9.17, 15) is 9.90 Å². The molecule has 3 fully saturated rings. The minimum atomic E-state index is -0.749. The van der Waals surface area contributed by atoms with Gasteiger partial charge in [0.1, 0.15) is 0 Å². The van der Waals surface area contributed by atoms with Crippen LogP contribution in [0.2, 0.25) is 0 Å². The second-order valence-electron chi connectivity index (χ2n) is 9.01. The van der Waals surface area contributed by atoms with E-state index in [0.29, 0.717) is 23.4 Å². The molecule has 4 heteroatoms. The summed E-state index contributed by atoms with van der Waals surface area (Å²) in [6.07, 6.45) is 6.46. The maximum Gasteiger partial charge on any atom is 0.407 e. The molecule has 0 unspecified atom stereocenters. The third-order valence-electron chi connectivity index (χ3n) is 7.17. The van der Waals surface area contributed by atoms with Crippen LogP contribution in [-0.4, -0.2) is 46.7 Å². The predicted octanol–water partition coefficient (Wildman–Crippen LogP) is 4.87. The predicted molar refractivity (Wildman–Crippen MR) is 103 cm³/mol. The van der Waals surface area contributed by atoms with Crippen LogP contribution in [0.1, 0.15) is 75.5 Å². The monoisotopic (exact) mass is 356 g/mol. The highest BCUT2D eigenvalue weighted by atomic mass is 16.4. The molecule has 142 valence electrons. The van der Waals surface area contributed by atoms with Gasteiger partial charge in [-0.2, -0.15) is 0 Å². The Morgan fingerprint density at radius 2 is 1.85 bits per heavy atom. The lowest BCUT2D eigenvalue weighted by atomic mass is 9.60. The highest BCUT2D eigenvalue weighted by Crippen LogP contribution is 2.53. The molecule has 1 N–H and O–H groups in total. The first-order valence-corrected chi connectivity index (χ1v) is 10.3. The van der Waals surface area contributed by atoms with Crippen molar-refractivity contribution in [1.82, 2.24) is 9.80 Å². The van der Waals surface area contributed by atoms with Gasteiger partial charge in [0, 0.05) is 25.2 Å². The summed E-state index contributed by atoms with van der Waals surface area (Å²) in [4.78, 5) is 15.5. The van der Waals surface area contributed by atoms with E-state index in [1.165, 1.54) is 37.8 Å². The van der Waals surface area contributed by atoms with E-state index in [1.54, 1.807) is 10.5 Å². The Kier molecular flexibility index (Phi) is 4.72. The summed E-state index contributed by atoms with van der Waals surface area (Å²) in [7, 11) is 0. The van der Waals surface area contributed by atoms with Crippen molar-refractivity contribution in [2.75, 3.05) is 19.6 Å². The zero-order valence-electron chi connectivity index (χ0n) is 16.2. The van der Waals surface area contributed by atoms with Crippen LogP contribution >= 0.6 is 0 Å². The Bertz CT molecular complexity index is 656. The van der Waals surface area contributed by atoms with Crippen LogP contribution < -0.4 is 0 Å². The van der Waals surface area contributed by atoms with Crippen LogP contribution in [0.4, 0.5) is 4.79 Å². The van der Waals surface area contributed by atoms with Crippen molar-refractivity contribution in [3.63, 3.8) is 0 Å². The quantitative estimate of drug-likeness (QED) is 0.840. The minimum absolute atomic E-state index is 0.418. The van der Waals surface area contributed by atoms with Crippen molar-refractivity contribution in [1.29, 1.82) is 0 Å². The first-order valence-electron chi connectivity index (χ1n) is 10.3. The van der Waals surface area contributed by atoms with Crippen molar-refractivity contribution in [2.24, 2.45) is 5.41 Å². The smallest absolute Gasteiger partial charge is 0.407 e. The van der Waals surface area contributed by atoms with Gasteiger partial charge in [0.2, 0.25) is 0 Å². The van der Waals surface area contributed by atoms with Crippen LogP contribution in [-0.2, 0) is 0 Å². The summed E-state index contributed by atoms with van der Waals surface area (Å²) in [5, 5.41) is 9.17. The Hall–Kier alpha value is -1.55. The molecule has 1 aromatic carbocycles. The molecule has 0 radical (unpaired) electrons. The molecule has 2 heterocycles. The number of likely N-dealkylation sites (tertiary alicyclic amines) is 2. The zero-order chi connectivity index (χ0) is 18.3.